The average molecular weight is 276 g/mol. The van der Waals surface area contributed by atoms with Crippen molar-refractivity contribution >= 4 is 15.4 Å². The Bertz CT molecular complexity index is 210. The van der Waals surface area contributed by atoms with E-state index in [9.17, 15) is 4.79 Å². The third-order valence-corrected chi connectivity index (χ3v) is 4.73. The van der Waals surface area contributed by atoms with Gasteiger partial charge < -0.3 is 18.9 Å². The van der Waals surface area contributed by atoms with Crippen LogP contribution in [0.1, 0.15) is 40.0 Å². The molecule has 0 saturated carbocycles. The SMILES string of the molecule is CCO[Si](OCC)C(C)CCCCNC(=O)OC. The molecule has 0 aliphatic carbocycles. The van der Waals surface area contributed by atoms with Crippen molar-refractivity contribution in [2.45, 2.75) is 45.6 Å². The fraction of sp³-hybridized carbons (Fsp3) is 0.917. The van der Waals surface area contributed by atoms with Gasteiger partial charge in [-0.1, -0.05) is 13.3 Å². The lowest BCUT2D eigenvalue weighted by molar-refractivity contribution is 0.170. The van der Waals surface area contributed by atoms with Gasteiger partial charge in [0.2, 0.25) is 0 Å². The largest absolute Gasteiger partial charge is 0.453 e. The molecule has 1 radical (unpaired) electrons. The predicted molar refractivity (Wildman–Crippen MR) is 72.7 cm³/mol. The van der Waals surface area contributed by atoms with E-state index in [-0.39, 0.29) is 6.09 Å². The van der Waals surface area contributed by atoms with Crippen LogP contribution in [0.15, 0.2) is 0 Å². The Labute approximate surface area is 112 Å². The summed E-state index contributed by atoms with van der Waals surface area (Å²) in [4.78, 5) is 10.8. The summed E-state index contributed by atoms with van der Waals surface area (Å²) in [6.45, 7) is 8.25. The first-order valence-electron chi connectivity index (χ1n) is 6.59. The van der Waals surface area contributed by atoms with Crippen LogP contribution in [0.25, 0.3) is 0 Å². The number of hydrogen-bond donors (Lipinski definition) is 1. The van der Waals surface area contributed by atoms with Crippen LogP contribution in [0.3, 0.4) is 0 Å². The molecule has 0 aromatic heterocycles. The number of unbranched alkanes of at least 4 members (excludes halogenated alkanes) is 1. The van der Waals surface area contributed by atoms with Crippen molar-refractivity contribution in [1.82, 2.24) is 5.32 Å². The van der Waals surface area contributed by atoms with Crippen molar-refractivity contribution in [3.63, 3.8) is 0 Å². The molecule has 0 heterocycles. The van der Waals surface area contributed by atoms with Crippen LogP contribution in [0, 0.1) is 0 Å². The lowest BCUT2D eigenvalue weighted by Crippen LogP contribution is -2.28. The molecule has 0 saturated heterocycles. The lowest BCUT2D eigenvalue weighted by atomic mass is 10.2. The maximum absolute atomic E-state index is 10.8. The third-order valence-electron chi connectivity index (χ3n) is 2.49. The van der Waals surface area contributed by atoms with E-state index in [1.54, 1.807) is 0 Å². The molecule has 0 aliphatic heterocycles. The molecule has 1 N–H and O–H groups in total. The van der Waals surface area contributed by atoms with Gasteiger partial charge in [0.05, 0.1) is 7.11 Å². The van der Waals surface area contributed by atoms with Gasteiger partial charge in [-0.3, -0.25) is 0 Å². The molecule has 5 nitrogen and oxygen atoms in total. The fourth-order valence-corrected chi connectivity index (χ4v) is 3.23. The van der Waals surface area contributed by atoms with Crippen LogP contribution in [0.2, 0.25) is 5.54 Å². The van der Waals surface area contributed by atoms with Crippen molar-refractivity contribution < 1.29 is 18.4 Å². The Kier molecular flexibility index (Phi) is 11.1. The van der Waals surface area contributed by atoms with E-state index < -0.39 is 9.28 Å². The number of hydrogen-bond acceptors (Lipinski definition) is 4. The second-order valence-corrected chi connectivity index (χ2v) is 6.20. The van der Waals surface area contributed by atoms with Gasteiger partial charge in [-0.2, -0.15) is 0 Å². The van der Waals surface area contributed by atoms with Crippen molar-refractivity contribution in [1.29, 1.82) is 0 Å². The number of carbonyl (C=O) groups excluding carboxylic acids is 1. The highest BCUT2D eigenvalue weighted by molar-refractivity contribution is 6.46. The van der Waals surface area contributed by atoms with Gasteiger partial charge in [0.15, 0.2) is 0 Å². The Morgan fingerprint density at radius 3 is 2.33 bits per heavy atom. The number of ether oxygens (including phenoxy) is 1. The predicted octanol–water partition coefficient (Wildman–Crippen LogP) is 2.46. The molecule has 0 spiro atoms. The molecule has 18 heavy (non-hydrogen) atoms. The number of carbonyl (C=O) groups is 1. The van der Waals surface area contributed by atoms with Gasteiger partial charge in [0.1, 0.15) is 0 Å². The third kappa shape index (κ3) is 8.49. The first kappa shape index (κ1) is 17.4. The van der Waals surface area contributed by atoms with Gasteiger partial charge in [-0.05, 0) is 26.7 Å². The van der Waals surface area contributed by atoms with Crippen molar-refractivity contribution in [2.24, 2.45) is 0 Å². The van der Waals surface area contributed by atoms with Crippen LogP contribution >= 0.6 is 0 Å². The van der Waals surface area contributed by atoms with E-state index in [0.29, 0.717) is 25.3 Å². The van der Waals surface area contributed by atoms with E-state index in [1.807, 2.05) is 13.8 Å². The molecular formula is C12H26NO4Si. The maximum atomic E-state index is 10.8. The number of amides is 1. The summed E-state index contributed by atoms with van der Waals surface area (Å²) >= 11 is 0. The Hall–Kier alpha value is -0.593. The molecule has 0 aromatic rings. The maximum Gasteiger partial charge on any atom is 0.406 e. The molecule has 1 unspecified atom stereocenters. The summed E-state index contributed by atoms with van der Waals surface area (Å²) in [5, 5.41) is 2.67. The van der Waals surface area contributed by atoms with Crippen molar-refractivity contribution in [3.8, 4) is 0 Å². The van der Waals surface area contributed by atoms with Gasteiger partial charge in [-0.25, -0.2) is 4.79 Å². The molecule has 0 rings (SSSR count). The van der Waals surface area contributed by atoms with Crippen LogP contribution in [-0.2, 0) is 13.6 Å². The highest BCUT2D eigenvalue weighted by Gasteiger charge is 2.22. The second-order valence-electron chi connectivity index (χ2n) is 4.00. The number of rotatable bonds is 10. The first-order chi connectivity index (χ1) is 8.65. The van der Waals surface area contributed by atoms with Crippen molar-refractivity contribution in [3.05, 3.63) is 0 Å². The van der Waals surface area contributed by atoms with E-state index >= 15 is 0 Å². The second kappa shape index (κ2) is 11.5. The van der Waals surface area contributed by atoms with E-state index in [2.05, 4.69) is 17.0 Å². The normalized spacial score (nSPS) is 12.5. The summed E-state index contributed by atoms with van der Waals surface area (Å²) in [6, 6.07) is 0. The monoisotopic (exact) mass is 276 g/mol. The minimum absolute atomic E-state index is 0.364. The molecule has 1 atom stereocenters. The average Bonchev–Trinajstić information content (AvgIpc) is 2.37. The fourth-order valence-electron chi connectivity index (χ4n) is 1.57. The molecule has 1 amide bonds. The summed E-state index contributed by atoms with van der Waals surface area (Å²) in [5.74, 6) is 0. The minimum atomic E-state index is -1.14. The zero-order valence-corrected chi connectivity index (χ0v) is 13.0. The molecule has 0 aromatic carbocycles. The molecule has 6 heteroatoms. The summed E-state index contributed by atoms with van der Waals surface area (Å²) in [5.41, 5.74) is 0.466. The molecule has 107 valence electrons. The first-order valence-corrected chi connectivity index (χ1v) is 7.99. The topological polar surface area (TPSA) is 56.8 Å². The van der Waals surface area contributed by atoms with Crippen LogP contribution < -0.4 is 5.32 Å². The smallest absolute Gasteiger partial charge is 0.406 e. The zero-order chi connectivity index (χ0) is 13.8. The lowest BCUT2D eigenvalue weighted by Gasteiger charge is -2.19. The van der Waals surface area contributed by atoms with Gasteiger partial charge >= 0.3 is 15.4 Å². The Morgan fingerprint density at radius 1 is 1.22 bits per heavy atom. The standard InChI is InChI=1S/C12H26NO4Si/c1-5-16-18(17-6-2)11(3)9-7-8-10-13-12(14)15-4/h11H,5-10H2,1-4H3,(H,13,14). The van der Waals surface area contributed by atoms with Gasteiger partial charge in [-0.15, -0.1) is 0 Å². The van der Waals surface area contributed by atoms with Gasteiger partial charge in [0.25, 0.3) is 0 Å². The van der Waals surface area contributed by atoms with E-state index in [0.717, 1.165) is 19.3 Å². The zero-order valence-electron chi connectivity index (χ0n) is 12.0. The molecule has 0 aliphatic rings. The molecule has 0 bridgehead atoms. The van der Waals surface area contributed by atoms with E-state index in [1.165, 1.54) is 7.11 Å². The van der Waals surface area contributed by atoms with Gasteiger partial charge in [0, 0.05) is 25.3 Å². The number of alkyl carbamates (subject to hydrolysis) is 1. The van der Waals surface area contributed by atoms with Crippen LogP contribution in [-0.4, -0.2) is 42.2 Å². The number of methoxy groups -OCH3 is 1. The summed E-state index contributed by atoms with van der Waals surface area (Å²) in [7, 11) is 0.227. The Morgan fingerprint density at radius 2 is 1.83 bits per heavy atom. The van der Waals surface area contributed by atoms with Crippen molar-refractivity contribution in [2.75, 3.05) is 26.9 Å². The quantitative estimate of drug-likeness (QED) is 0.492. The highest BCUT2D eigenvalue weighted by atomic mass is 28.3. The molecule has 0 fully saturated rings. The summed E-state index contributed by atoms with van der Waals surface area (Å²) in [6.07, 6.45) is 2.71. The Balaban J connectivity index is 3.66. The summed E-state index contributed by atoms with van der Waals surface area (Å²) < 4.78 is 15.8. The number of nitrogens with one attached hydrogen (secondary N) is 1. The van der Waals surface area contributed by atoms with E-state index in [4.69, 9.17) is 8.85 Å². The highest BCUT2D eigenvalue weighted by Crippen LogP contribution is 2.19. The van der Waals surface area contributed by atoms with Crippen LogP contribution in [0.5, 0.6) is 0 Å². The van der Waals surface area contributed by atoms with Crippen LogP contribution in [0.4, 0.5) is 4.79 Å². The molecular weight excluding hydrogens is 250 g/mol. The minimum Gasteiger partial charge on any atom is -0.453 e.